The molecule has 0 saturated heterocycles. The first kappa shape index (κ1) is 12.9. The second-order valence-electron chi connectivity index (χ2n) is 3.27. The van der Waals surface area contributed by atoms with Crippen molar-refractivity contribution in [1.29, 1.82) is 0 Å². The summed E-state index contributed by atoms with van der Waals surface area (Å²) in [6.07, 6.45) is 6.58. The Morgan fingerprint density at radius 2 is 2.38 bits per heavy atom. The van der Waals surface area contributed by atoms with Gasteiger partial charge >= 0.3 is 0 Å². The topological polar surface area (TPSA) is 50.2 Å². The van der Waals surface area contributed by atoms with E-state index in [1.807, 2.05) is 18.2 Å². The van der Waals surface area contributed by atoms with Gasteiger partial charge in [-0.3, -0.25) is 9.78 Å². The van der Waals surface area contributed by atoms with Gasteiger partial charge in [0.05, 0.1) is 12.3 Å². The molecule has 4 heteroatoms. The summed E-state index contributed by atoms with van der Waals surface area (Å²) in [6.45, 7) is 1.55. The fourth-order valence-electron chi connectivity index (χ4n) is 1.12. The van der Waals surface area contributed by atoms with Crippen LogP contribution < -0.4 is 0 Å². The first-order chi connectivity index (χ1) is 7.72. The van der Waals surface area contributed by atoms with Gasteiger partial charge in [0, 0.05) is 18.9 Å². The van der Waals surface area contributed by atoms with Crippen molar-refractivity contribution >= 4 is 23.0 Å². The van der Waals surface area contributed by atoms with E-state index in [0.29, 0.717) is 5.69 Å². The Bertz CT molecular complexity index is 360. The van der Waals surface area contributed by atoms with Gasteiger partial charge in [-0.1, -0.05) is 30.0 Å². The van der Waals surface area contributed by atoms with Gasteiger partial charge in [-0.15, -0.1) is 0 Å². The number of nitrogens with zero attached hydrogens (tertiary/aromatic N) is 1. The monoisotopic (exact) mass is 237 g/mol. The molecule has 0 aliphatic heterocycles. The predicted molar refractivity (Wildman–Crippen MR) is 66.9 cm³/mol. The van der Waals surface area contributed by atoms with E-state index >= 15 is 0 Å². The lowest BCUT2D eigenvalue weighted by molar-refractivity contribution is -0.109. The second kappa shape index (κ2) is 7.19. The van der Waals surface area contributed by atoms with E-state index in [4.69, 9.17) is 5.11 Å². The molecule has 0 aliphatic rings. The van der Waals surface area contributed by atoms with E-state index in [0.717, 1.165) is 17.7 Å². The van der Waals surface area contributed by atoms with Crippen molar-refractivity contribution in [3.05, 3.63) is 35.7 Å². The molecule has 1 aromatic rings. The highest BCUT2D eigenvalue weighted by molar-refractivity contribution is 8.13. The first-order valence-electron chi connectivity index (χ1n) is 5.08. The van der Waals surface area contributed by atoms with E-state index in [1.54, 1.807) is 19.2 Å². The molecular formula is C12H15NO2S. The van der Waals surface area contributed by atoms with E-state index in [2.05, 4.69) is 4.98 Å². The third kappa shape index (κ3) is 5.09. The van der Waals surface area contributed by atoms with Crippen LogP contribution in [-0.4, -0.2) is 21.0 Å². The molecule has 86 valence electrons. The Kier molecular flexibility index (Phi) is 5.82. The molecule has 0 spiro atoms. The molecule has 0 amide bonds. The van der Waals surface area contributed by atoms with E-state index in [1.165, 1.54) is 11.8 Å². The average molecular weight is 237 g/mol. The molecule has 0 aliphatic carbocycles. The number of hydrogen-bond donors (Lipinski definition) is 1. The lowest BCUT2D eigenvalue weighted by Gasteiger charge is -1.96. The summed E-state index contributed by atoms with van der Waals surface area (Å²) in [6, 6.07) is 3.71. The zero-order chi connectivity index (χ0) is 11.8. The van der Waals surface area contributed by atoms with Crippen molar-refractivity contribution in [1.82, 2.24) is 4.98 Å². The van der Waals surface area contributed by atoms with Crippen LogP contribution >= 0.6 is 11.8 Å². The highest BCUT2D eigenvalue weighted by Crippen LogP contribution is 2.06. The molecule has 0 atom stereocenters. The Balaban J connectivity index is 2.35. The molecule has 1 heterocycles. The summed E-state index contributed by atoms with van der Waals surface area (Å²) in [5, 5.41) is 8.97. The van der Waals surface area contributed by atoms with E-state index < -0.39 is 0 Å². The van der Waals surface area contributed by atoms with E-state index in [9.17, 15) is 4.79 Å². The molecule has 0 saturated carbocycles. The molecule has 3 nitrogen and oxygen atoms in total. The molecule has 16 heavy (non-hydrogen) atoms. The highest BCUT2D eigenvalue weighted by atomic mass is 32.2. The quantitative estimate of drug-likeness (QED) is 0.798. The van der Waals surface area contributed by atoms with Crippen LogP contribution in [0, 0.1) is 0 Å². The number of carbonyl (C=O) groups excluding carboxylic acids is 1. The zero-order valence-corrected chi connectivity index (χ0v) is 10.0. The van der Waals surface area contributed by atoms with Gasteiger partial charge in [0.15, 0.2) is 5.12 Å². The van der Waals surface area contributed by atoms with Crippen molar-refractivity contribution in [2.45, 2.75) is 20.0 Å². The maximum absolute atomic E-state index is 10.7. The first-order valence-corrected chi connectivity index (χ1v) is 6.06. The number of aliphatic hydroxyl groups excluding tert-OH is 1. The standard InChI is InChI=1S/C12H15NO2S/c1-10(15)16-7-3-2-4-11-5-6-12(9-14)13-8-11/h2,4-6,8,14H,3,7,9H2,1H3. The number of pyridine rings is 1. The minimum absolute atomic E-state index is 0.0285. The number of aliphatic hydroxyl groups is 1. The van der Waals surface area contributed by atoms with Crippen LogP contribution in [0.3, 0.4) is 0 Å². The van der Waals surface area contributed by atoms with Crippen molar-refractivity contribution < 1.29 is 9.90 Å². The molecule has 0 bridgehead atoms. The van der Waals surface area contributed by atoms with Crippen molar-refractivity contribution in [2.24, 2.45) is 0 Å². The summed E-state index contributed by atoms with van der Waals surface area (Å²) >= 11 is 1.33. The van der Waals surface area contributed by atoms with Gasteiger partial charge in [0.25, 0.3) is 0 Å². The maximum atomic E-state index is 10.7. The Hall–Kier alpha value is -1.13. The third-order valence-electron chi connectivity index (χ3n) is 1.91. The summed E-state index contributed by atoms with van der Waals surface area (Å²) in [4.78, 5) is 14.7. The van der Waals surface area contributed by atoms with Crippen LogP contribution in [0.25, 0.3) is 6.08 Å². The van der Waals surface area contributed by atoms with Gasteiger partial charge in [-0.2, -0.15) is 0 Å². The second-order valence-corrected chi connectivity index (χ2v) is 4.54. The summed E-state index contributed by atoms with van der Waals surface area (Å²) in [5.41, 5.74) is 1.68. The third-order valence-corrected chi connectivity index (χ3v) is 2.76. The minimum Gasteiger partial charge on any atom is -0.390 e. The zero-order valence-electron chi connectivity index (χ0n) is 9.22. The normalized spacial score (nSPS) is 10.9. The molecular weight excluding hydrogens is 222 g/mol. The number of thioether (sulfide) groups is 1. The summed E-state index contributed by atoms with van der Waals surface area (Å²) in [5.74, 6) is 0.813. The van der Waals surface area contributed by atoms with Crippen LogP contribution in [0.4, 0.5) is 0 Å². The Morgan fingerprint density at radius 3 is 2.94 bits per heavy atom. The molecule has 1 N–H and O–H groups in total. The number of carbonyl (C=O) groups is 1. The van der Waals surface area contributed by atoms with Crippen molar-refractivity contribution in [2.75, 3.05) is 5.75 Å². The Labute approximate surface area is 99.6 Å². The minimum atomic E-state index is -0.0285. The number of hydrogen-bond acceptors (Lipinski definition) is 4. The number of allylic oxidation sites excluding steroid dienone is 1. The average Bonchev–Trinajstić information content (AvgIpc) is 2.29. The van der Waals surface area contributed by atoms with Crippen LogP contribution in [0.2, 0.25) is 0 Å². The summed E-state index contributed by atoms with van der Waals surface area (Å²) in [7, 11) is 0. The SMILES string of the molecule is CC(=O)SCCC=Cc1ccc(CO)nc1. The summed E-state index contributed by atoms with van der Waals surface area (Å²) < 4.78 is 0. The van der Waals surface area contributed by atoms with E-state index in [-0.39, 0.29) is 11.7 Å². The molecule has 0 fully saturated rings. The molecule has 0 unspecified atom stereocenters. The lowest BCUT2D eigenvalue weighted by atomic mass is 10.2. The van der Waals surface area contributed by atoms with Crippen LogP contribution in [-0.2, 0) is 11.4 Å². The fraction of sp³-hybridized carbons (Fsp3) is 0.333. The molecule has 0 aromatic carbocycles. The highest BCUT2D eigenvalue weighted by Gasteiger charge is 1.92. The van der Waals surface area contributed by atoms with Crippen LogP contribution in [0.15, 0.2) is 24.4 Å². The smallest absolute Gasteiger partial charge is 0.185 e. The van der Waals surface area contributed by atoms with Gasteiger partial charge in [0.2, 0.25) is 0 Å². The lowest BCUT2D eigenvalue weighted by Crippen LogP contribution is -1.88. The molecule has 1 aromatic heterocycles. The van der Waals surface area contributed by atoms with Crippen LogP contribution in [0.1, 0.15) is 24.6 Å². The number of rotatable bonds is 5. The fourth-order valence-corrected chi connectivity index (χ4v) is 1.66. The molecule has 0 radical (unpaired) electrons. The van der Waals surface area contributed by atoms with Gasteiger partial charge < -0.3 is 5.11 Å². The van der Waals surface area contributed by atoms with Crippen LogP contribution in [0.5, 0.6) is 0 Å². The van der Waals surface area contributed by atoms with Gasteiger partial charge in [-0.05, 0) is 18.1 Å². The largest absolute Gasteiger partial charge is 0.390 e. The van der Waals surface area contributed by atoms with Crippen molar-refractivity contribution in [3.8, 4) is 0 Å². The number of aromatic nitrogens is 1. The molecule has 1 rings (SSSR count). The van der Waals surface area contributed by atoms with Crippen molar-refractivity contribution in [3.63, 3.8) is 0 Å². The maximum Gasteiger partial charge on any atom is 0.185 e. The Morgan fingerprint density at radius 1 is 1.56 bits per heavy atom. The van der Waals surface area contributed by atoms with Gasteiger partial charge in [-0.25, -0.2) is 0 Å². The predicted octanol–water partition coefficient (Wildman–Crippen LogP) is 2.26. The van der Waals surface area contributed by atoms with Gasteiger partial charge in [0.1, 0.15) is 0 Å².